The highest BCUT2D eigenvalue weighted by Gasteiger charge is 2.29. The van der Waals surface area contributed by atoms with E-state index in [1.807, 2.05) is 56.3 Å². The first kappa shape index (κ1) is 18.4. The molecule has 134 valence electrons. The van der Waals surface area contributed by atoms with Crippen molar-refractivity contribution in [3.63, 3.8) is 0 Å². The van der Waals surface area contributed by atoms with E-state index in [0.29, 0.717) is 0 Å². The van der Waals surface area contributed by atoms with Crippen molar-refractivity contribution in [2.24, 2.45) is 0 Å². The minimum absolute atomic E-state index is 0.0256. The quantitative estimate of drug-likeness (QED) is 0.685. The number of hydrogen-bond donors (Lipinski definition) is 2. The summed E-state index contributed by atoms with van der Waals surface area (Å²) in [6, 6.07) is 18.0. The second-order valence-corrected chi connectivity index (χ2v) is 7.59. The second kappa shape index (κ2) is 8.30. The number of benzene rings is 2. The van der Waals surface area contributed by atoms with E-state index < -0.39 is 0 Å². The number of quaternary nitrogens is 1. The summed E-state index contributed by atoms with van der Waals surface area (Å²) in [4.78, 5) is 14.4. The van der Waals surface area contributed by atoms with Gasteiger partial charge in [0.1, 0.15) is 6.54 Å². The first-order chi connectivity index (χ1) is 12.5. The molecule has 0 saturated heterocycles. The Morgan fingerprint density at radius 2 is 1.88 bits per heavy atom. The summed E-state index contributed by atoms with van der Waals surface area (Å²) < 4.78 is 0. The van der Waals surface area contributed by atoms with Crippen LogP contribution in [0, 0.1) is 13.8 Å². The van der Waals surface area contributed by atoms with Crippen LogP contribution < -0.4 is 10.2 Å². The maximum atomic E-state index is 13.2. The van der Waals surface area contributed by atoms with Crippen LogP contribution >= 0.6 is 11.3 Å². The summed E-state index contributed by atoms with van der Waals surface area (Å²) in [5, 5.41) is 7.38. The van der Waals surface area contributed by atoms with Crippen molar-refractivity contribution in [3.8, 4) is 0 Å². The topological polar surface area (TPSA) is 33.5 Å². The number of likely N-dealkylation sites (N-methyl/N-ethyl adjacent to an activating group) is 1. The lowest BCUT2D eigenvalue weighted by Gasteiger charge is -2.25. The number of aryl methyl sites for hydroxylation is 2. The molecular formula is C22H25N2OS+. The van der Waals surface area contributed by atoms with Crippen LogP contribution in [0.1, 0.15) is 28.3 Å². The molecule has 1 unspecified atom stereocenters. The number of carbonyl (C=O) groups excluding carboxylic acids is 1. The Kier molecular flexibility index (Phi) is 5.86. The lowest BCUT2D eigenvalue weighted by Crippen LogP contribution is -3.09. The van der Waals surface area contributed by atoms with Gasteiger partial charge in [0.15, 0.2) is 6.04 Å². The van der Waals surface area contributed by atoms with Crippen LogP contribution in [0.15, 0.2) is 65.4 Å². The fourth-order valence-electron chi connectivity index (χ4n) is 3.20. The molecule has 0 aliphatic heterocycles. The van der Waals surface area contributed by atoms with E-state index >= 15 is 0 Å². The first-order valence-corrected chi connectivity index (χ1v) is 9.75. The smallest absolute Gasteiger partial charge is 0.287 e. The lowest BCUT2D eigenvalue weighted by molar-refractivity contribution is -0.915. The molecule has 26 heavy (non-hydrogen) atoms. The molecule has 2 aromatic carbocycles. The second-order valence-electron chi connectivity index (χ2n) is 6.81. The molecule has 2 atom stereocenters. The molecule has 1 amide bonds. The summed E-state index contributed by atoms with van der Waals surface area (Å²) in [5.41, 5.74) is 5.39. The van der Waals surface area contributed by atoms with Gasteiger partial charge in [-0.2, -0.15) is 11.3 Å². The maximum Gasteiger partial charge on any atom is 0.287 e. The van der Waals surface area contributed by atoms with Gasteiger partial charge in [-0.05, 0) is 47.9 Å². The highest BCUT2D eigenvalue weighted by molar-refractivity contribution is 7.07. The fraction of sp³-hybridized carbons (Fsp3) is 0.227. The summed E-state index contributed by atoms with van der Waals surface area (Å²) in [5.74, 6) is 0.0256. The van der Waals surface area contributed by atoms with Gasteiger partial charge in [-0.15, -0.1) is 0 Å². The average Bonchev–Trinajstić information content (AvgIpc) is 3.12. The number of nitrogens with one attached hydrogen (secondary N) is 2. The molecule has 3 aromatic rings. The monoisotopic (exact) mass is 365 g/mol. The predicted molar refractivity (Wildman–Crippen MR) is 109 cm³/mol. The Hall–Kier alpha value is -2.43. The van der Waals surface area contributed by atoms with Crippen LogP contribution in [0.2, 0.25) is 0 Å². The maximum absolute atomic E-state index is 13.2. The van der Waals surface area contributed by atoms with Crippen LogP contribution in [0.25, 0.3) is 0 Å². The van der Waals surface area contributed by atoms with Gasteiger partial charge in [0.05, 0.1) is 7.05 Å². The van der Waals surface area contributed by atoms with E-state index in [0.717, 1.165) is 33.8 Å². The van der Waals surface area contributed by atoms with Gasteiger partial charge in [0, 0.05) is 16.8 Å². The molecule has 1 heterocycles. The van der Waals surface area contributed by atoms with Crippen molar-refractivity contribution in [1.29, 1.82) is 0 Å². The largest absolute Gasteiger partial charge is 0.320 e. The molecule has 0 bridgehead atoms. The van der Waals surface area contributed by atoms with Crippen molar-refractivity contribution in [2.75, 3.05) is 12.4 Å². The molecule has 0 aliphatic rings. The van der Waals surface area contributed by atoms with Gasteiger partial charge in [0.2, 0.25) is 0 Å². The van der Waals surface area contributed by atoms with Crippen molar-refractivity contribution >= 4 is 22.9 Å². The highest BCUT2D eigenvalue weighted by atomic mass is 32.1. The van der Waals surface area contributed by atoms with Crippen LogP contribution in [-0.4, -0.2) is 13.0 Å². The van der Waals surface area contributed by atoms with E-state index in [2.05, 4.69) is 35.3 Å². The van der Waals surface area contributed by atoms with Crippen LogP contribution in [0.3, 0.4) is 0 Å². The predicted octanol–water partition coefficient (Wildman–Crippen LogP) is 3.76. The fourth-order valence-corrected chi connectivity index (χ4v) is 3.87. The van der Waals surface area contributed by atoms with Crippen LogP contribution in [-0.2, 0) is 11.3 Å². The molecule has 2 N–H and O–H groups in total. The summed E-state index contributed by atoms with van der Waals surface area (Å²) in [6.07, 6.45) is 0. The molecule has 4 heteroatoms. The van der Waals surface area contributed by atoms with E-state index in [9.17, 15) is 4.79 Å². The Morgan fingerprint density at radius 3 is 2.58 bits per heavy atom. The van der Waals surface area contributed by atoms with Gasteiger partial charge in [-0.1, -0.05) is 42.5 Å². The third-order valence-electron chi connectivity index (χ3n) is 4.60. The highest BCUT2D eigenvalue weighted by Crippen LogP contribution is 2.19. The van der Waals surface area contributed by atoms with Crippen molar-refractivity contribution < 1.29 is 9.69 Å². The summed E-state index contributed by atoms with van der Waals surface area (Å²) in [6.45, 7) is 4.87. The number of hydrogen-bond acceptors (Lipinski definition) is 2. The molecule has 0 spiro atoms. The number of amides is 1. The number of rotatable bonds is 6. The zero-order valence-corrected chi connectivity index (χ0v) is 16.3. The molecule has 1 aromatic heterocycles. The minimum atomic E-state index is -0.268. The van der Waals surface area contributed by atoms with E-state index in [-0.39, 0.29) is 11.9 Å². The first-order valence-electron chi connectivity index (χ1n) is 8.81. The SMILES string of the molecule is Cc1ccc(C)c(NC(=O)[C@H](c2ccccc2)[NH+](C)Cc2ccsc2)c1. The molecular weight excluding hydrogens is 340 g/mol. The van der Waals surface area contributed by atoms with Gasteiger partial charge in [-0.3, -0.25) is 4.79 Å². The number of carbonyl (C=O) groups is 1. The Bertz CT molecular complexity index is 859. The molecule has 3 nitrogen and oxygen atoms in total. The Morgan fingerprint density at radius 1 is 1.12 bits per heavy atom. The van der Waals surface area contributed by atoms with Crippen molar-refractivity contribution in [3.05, 3.63) is 87.6 Å². The van der Waals surface area contributed by atoms with Crippen LogP contribution in [0.4, 0.5) is 5.69 Å². The summed E-state index contributed by atoms with van der Waals surface area (Å²) in [7, 11) is 2.08. The van der Waals surface area contributed by atoms with E-state index in [1.165, 1.54) is 5.56 Å². The normalized spacial score (nSPS) is 13.2. The molecule has 0 radical (unpaired) electrons. The number of anilines is 1. The van der Waals surface area contributed by atoms with Gasteiger partial charge >= 0.3 is 0 Å². The zero-order valence-electron chi connectivity index (χ0n) is 15.5. The summed E-state index contributed by atoms with van der Waals surface area (Å²) >= 11 is 1.69. The van der Waals surface area contributed by atoms with Gasteiger partial charge < -0.3 is 10.2 Å². The minimum Gasteiger partial charge on any atom is -0.320 e. The molecule has 0 fully saturated rings. The molecule has 3 rings (SSSR count). The van der Waals surface area contributed by atoms with Crippen molar-refractivity contribution in [2.45, 2.75) is 26.4 Å². The third-order valence-corrected chi connectivity index (χ3v) is 5.33. The average molecular weight is 366 g/mol. The van der Waals surface area contributed by atoms with Gasteiger partial charge in [-0.25, -0.2) is 0 Å². The standard InChI is InChI=1S/C22H24N2OS/c1-16-9-10-17(2)20(13-16)23-22(25)21(19-7-5-4-6-8-19)24(3)14-18-11-12-26-15-18/h4-13,15,21H,14H2,1-3H3,(H,23,25)/p+1/t21-/m0/s1. The Labute approximate surface area is 159 Å². The third kappa shape index (κ3) is 4.40. The van der Waals surface area contributed by atoms with Crippen LogP contribution in [0.5, 0.6) is 0 Å². The lowest BCUT2D eigenvalue weighted by atomic mass is 10.0. The Balaban J connectivity index is 1.87. The number of thiophene rings is 1. The van der Waals surface area contributed by atoms with E-state index in [4.69, 9.17) is 0 Å². The molecule has 0 saturated carbocycles. The van der Waals surface area contributed by atoms with Gasteiger partial charge in [0.25, 0.3) is 5.91 Å². The van der Waals surface area contributed by atoms with E-state index in [1.54, 1.807) is 11.3 Å². The van der Waals surface area contributed by atoms with Crippen molar-refractivity contribution in [1.82, 2.24) is 0 Å². The molecule has 0 aliphatic carbocycles. The zero-order chi connectivity index (χ0) is 18.5.